The lowest BCUT2D eigenvalue weighted by Crippen LogP contribution is -2.28. The van der Waals surface area contributed by atoms with Crippen molar-refractivity contribution >= 4 is 0 Å². The van der Waals surface area contributed by atoms with Gasteiger partial charge in [-0.25, -0.2) is 0 Å². The van der Waals surface area contributed by atoms with E-state index in [0.717, 1.165) is 30.6 Å². The first-order valence-electron chi connectivity index (χ1n) is 7.55. The van der Waals surface area contributed by atoms with Crippen LogP contribution in [0.5, 0.6) is 5.75 Å². The molecule has 0 heterocycles. The van der Waals surface area contributed by atoms with Gasteiger partial charge in [0, 0.05) is 7.11 Å². The third kappa shape index (κ3) is 5.37. The van der Waals surface area contributed by atoms with Gasteiger partial charge in [-0.1, -0.05) is 12.1 Å². The maximum Gasteiger partial charge on any atom is 0.119 e. The number of methoxy groups -OCH3 is 1. The fourth-order valence-corrected chi connectivity index (χ4v) is 2.64. The quantitative estimate of drug-likeness (QED) is 0.724. The van der Waals surface area contributed by atoms with Crippen molar-refractivity contribution < 1.29 is 14.2 Å². The second-order valence-electron chi connectivity index (χ2n) is 5.34. The van der Waals surface area contributed by atoms with Crippen LogP contribution < -0.4 is 4.74 Å². The molecular weight excluding hydrogens is 266 g/mol. The first-order valence-corrected chi connectivity index (χ1v) is 7.55. The number of nitrogens with zero attached hydrogens (tertiary/aromatic N) is 1. The van der Waals surface area contributed by atoms with Crippen LogP contribution in [0.1, 0.15) is 31.2 Å². The molecule has 1 aliphatic rings. The van der Waals surface area contributed by atoms with Gasteiger partial charge in [0.1, 0.15) is 12.4 Å². The first kappa shape index (κ1) is 15.8. The standard InChI is InChI=1S/C17H23NO3/c1-19-16-3-2-4-17(13-16)21-12-11-20-15-7-5-14(6-8-15)9-10-18/h5-8,16-17H,2-4,9,11-13H2,1H3. The zero-order valence-electron chi connectivity index (χ0n) is 12.6. The van der Waals surface area contributed by atoms with E-state index in [1.54, 1.807) is 7.11 Å². The Bertz CT molecular complexity index is 452. The Labute approximate surface area is 126 Å². The highest BCUT2D eigenvalue weighted by Gasteiger charge is 2.21. The maximum atomic E-state index is 8.62. The summed E-state index contributed by atoms with van der Waals surface area (Å²) < 4.78 is 16.9. The summed E-state index contributed by atoms with van der Waals surface area (Å²) in [6.07, 6.45) is 5.49. The summed E-state index contributed by atoms with van der Waals surface area (Å²) >= 11 is 0. The Morgan fingerprint density at radius 1 is 1.14 bits per heavy atom. The van der Waals surface area contributed by atoms with Crippen LogP contribution in [0.4, 0.5) is 0 Å². The van der Waals surface area contributed by atoms with E-state index in [4.69, 9.17) is 19.5 Å². The summed E-state index contributed by atoms with van der Waals surface area (Å²) in [4.78, 5) is 0. The largest absolute Gasteiger partial charge is 0.491 e. The number of hydrogen-bond donors (Lipinski definition) is 0. The molecule has 2 unspecified atom stereocenters. The lowest BCUT2D eigenvalue weighted by molar-refractivity contribution is -0.0362. The van der Waals surface area contributed by atoms with Crippen LogP contribution in [-0.4, -0.2) is 32.5 Å². The lowest BCUT2D eigenvalue weighted by Gasteiger charge is -2.28. The number of rotatable bonds is 7. The molecule has 0 aromatic heterocycles. The third-order valence-corrected chi connectivity index (χ3v) is 3.82. The molecule has 0 amide bonds. The topological polar surface area (TPSA) is 51.5 Å². The average molecular weight is 289 g/mol. The van der Waals surface area contributed by atoms with E-state index in [0.29, 0.717) is 31.8 Å². The predicted octanol–water partition coefficient (Wildman–Crippen LogP) is 3.11. The Morgan fingerprint density at radius 3 is 2.62 bits per heavy atom. The van der Waals surface area contributed by atoms with Crippen LogP contribution in [0.2, 0.25) is 0 Å². The molecule has 4 nitrogen and oxygen atoms in total. The van der Waals surface area contributed by atoms with Gasteiger partial charge < -0.3 is 14.2 Å². The van der Waals surface area contributed by atoms with E-state index in [1.807, 2.05) is 24.3 Å². The van der Waals surface area contributed by atoms with Crippen LogP contribution in [-0.2, 0) is 15.9 Å². The highest BCUT2D eigenvalue weighted by molar-refractivity contribution is 5.28. The van der Waals surface area contributed by atoms with Gasteiger partial charge in [0.15, 0.2) is 0 Å². The van der Waals surface area contributed by atoms with Crippen LogP contribution in [0, 0.1) is 11.3 Å². The van der Waals surface area contributed by atoms with Gasteiger partial charge in [0.25, 0.3) is 0 Å². The Kier molecular flexibility index (Phi) is 6.52. The lowest BCUT2D eigenvalue weighted by atomic mass is 9.95. The van der Waals surface area contributed by atoms with Gasteiger partial charge in [-0.05, 0) is 43.4 Å². The summed E-state index contributed by atoms with van der Waals surface area (Å²) in [7, 11) is 1.77. The zero-order chi connectivity index (χ0) is 14.9. The van der Waals surface area contributed by atoms with Crippen LogP contribution in [0.25, 0.3) is 0 Å². The maximum absolute atomic E-state index is 8.62. The van der Waals surface area contributed by atoms with Crippen molar-refractivity contribution in [1.82, 2.24) is 0 Å². The first-order chi connectivity index (χ1) is 10.3. The number of hydrogen-bond acceptors (Lipinski definition) is 4. The van der Waals surface area contributed by atoms with Gasteiger partial charge >= 0.3 is 0 Å². The molecule has 2 rings (SSSR count). The van der Waals surface area contributed by atoms with Crippen LogP contribution in [0.3, 0.4) is 0 Å². The molecule has 1 aromatic carbocycles. The normalized spacial score (nSPS) is 21.7. The second kappa shape index (κ2) is 8.66. The Hall–Kier alpha value is -1.57. The molecule has 0 saturated heterocycles. The molecule has 1 aromatic rings. The molecule has 114 valence electrons. The summed E-state index contributed by atoms with van der Waals surface area (Å²) in [5.41, 5.74) is 1.01. The second-order valence-corrected chi connectivity index (χ2v) is 5.34. The Balaban J connectivity index is 1.64. The van der Waals surface area contributed by atoms with Gasteiger partial charge in [0.2, 0.25) is 0 Å². The molecule has 1 saturated carbocycles. The summed E-state index contributed by atoms with van der Waals surface area (Å²) in [6, 6.07) is 9.76. The minimum Gasteiger partial charge on any atom is -0.491 e. The molecule has 0 spiro atoms. The van der Waals surface area contributed by atoms with E-state index in [9.17, 15) is 0 Å². The number of benzene rings is 1. The SMILES string of the molecule is COC1CCCC(OCCOc2ccc(CC#N)cc2)C1. The van der Waals surface area contributed by atoms with Crippen LogP contribution in [0.15, 0.2) is 24.3 Å². The summed E-state index contributed by atoms with van der Waals surface area (Å²) in [5, 5.41) is 8.62. The van der Waals surface area contributed by atoms with E-state index in [1.165, 1.54) is 6.42 Å². The molecule has 4 heteroatoms. The molecule has 1 fully saturated rings. The van der Waals surface area contributed by atoms with E-state index < -0.39 is 0 Å². The van der Waals surface area contributed by atoms with Gasteiger partial charge in [-0.3, -0.25) is 0 Å². The smallest absolute Gasteiger partial charge is 0.119 e. The van der Waals surface area contributed by atoms with E-state index in [2.05, 4.69) is 6.07 Å². The van der Waals surface area contributed by atoms with Gasteiger partial charge in [0.05, 0.1) is 31.3 Å². The monoisotopic (exact) mass is 289 g/mol. The average Bonchev–Trinajstić information content (AvgIpc) is 2.53. The highest BCUT2D eigenvalue weighted by Crippen LogP contribution is 2.23. The van der Waals surface area contributed by atoms with Crippen molar-refractivity contribution in [2.75, 3.05) is 20.3 Å². The Morgan fingerprint density at radius 2 is 1.90 bits per heavy atom. The third-order valence-electron chi connectivity index (χ3n) is 3.82. The van der Waals surface area contributed by atoms with Crippen molar-refractivity contribution in [3.8, 4) is 11.8 Å². The molecule has 0 bridgehead atoms. The number of ether oxygens (including phenoxy) is 3. The van der Waals surface area contributed by atoms with Crippen molar-refractivity contribution in [1.29, 1.82) is 5.26 Å². The summed E-state index contributed by atoms with van der Waals surface area (Å²) in [5.74, 6) is 0.818. The van der Waals surface area contributed by atoms with Crippen molar-refractivity contribution in [3.63, 3.8) is 0 Å². The molecular formula is C17H23NO3. The minimum atomic E-state index is 0.297. The van der Waals surface area contributed by atoms with Gasteiger partial charge in [-0.15, -0.1) is 0 Å². The van der Waals surface area contributed by atoms with E-state index in [-0.39, 0.29) is 0 Å². The minimum absolute atomic E-state index is 0.297. The molecule has 2 atom stereocenters. The fraction of sp³-hybridized carbons (Fsp3) is 0.588. The molecule has 0 radical (unpaired) electrons. The van der Waals surface area contributed by atoms with Gasteiger partial charge in [-0.2, -0.15) is 5.26 Å². The van der Waals surface area contributed by atoms with Crippen molar-refractivity contribution in [3.05, 3.63) is 29.8 Å². The molecule has 21 heavy (non-hydrogen) atoms. The fourth-order valence-electron chi connectivity index (χ4n) is 2.64. The van der Waals surface area contributed by atoms with E-state index >= 15 is 0 Å². The zero-order valence-corrected chi connectivity index (χ0v) is 12.6. The van der Waals surface area contributed by atoms with Crippen molar-refractivity contribution in [2.24, 2.45) is 0 Å². The molecule has 0 N–H and O–H groups in total. The summed E-state index contributed by atoms with van der Waals surface area (Å²) in [6.45, 7) is 1.15. The number of nitriles is 1. The van der Waals surface area contributed by atoms with Crippen molar-refractivity contribution in [2.45, 2.75) is 44.3 Å². The predicted molar refractivity (Wildman–Crippen MR) is 80.3 cm³/mol. The van der Waals surface area contributed by atoms with Crippen LogP contribution >= 0.6 is 0 Å². The highest BCUT2D eigenvalue weighted by atomic mass is 16.5. The molecule has 1 aliphatic carbocycles. The molecule has 0 aliphatic heterocycles.